The first-order chi connectivity index (χ1) is 27.7. The molecular weight excluding hydrogens is 800 g/mol. The molecule has 16 heteroatoms. The zero-order valence-corrected chi connectivity index (χ0v) is 32.0. The van der Waals surface area contributed by atoms with E-state index < -0.39 is 63.6 Å². The van der Waals surface area contributed by atoms with E-state index in [9.17, 15) is 37.8 Å². The number of imide groups is 2. The molecule has 3 heterocycles. The van der Waals surface area contributed by atoms with Crippen LogP contribution in [-0.4, -0.2) is 68.5 Å². The number of hydrazine groups is 1. The van der Waals surface area contributed by atoms with Crippen LogP contribution in [0, 0.1) is 23.7 Å². The number of nitrogens with one attached hydrogen (secondary N) is 1. The molecule has 0 spiro atoms. The number of aromatic hydroxyl groups is 1. The van der Waals surface area contributed by atoms with Crippen molar-refractivity contribution in [2.24, 2.45) is 23.7 Å². The van der Waals surface area contributed by atoms with Crippen LogP contribution in [0.2, 0.25) is 10.0 Å². The Balaban J connectivity index is 1.24. The first kappa shape index (κ1) is 39.4. The number of aromatic nitrogens is 1. The summed E-state index contributed by atoms with van der Waals surface area (Å²) >= 11 is 12.6. The number of ether oxygens (including phenoxy) is 1. The van der Waals surface area contributed by atoms with E-state index in [1.165, 1.54) is 17.0 Å². The molecule has 0 radical (unpaired) electrons. The molecule has 2 aliphatic heterocycles. The van der Waals surface area contributed by atoms with Gasteiger partial charge in [0.2, 0.25) is 11.8 Å². The van der Waals surface area contributed by atoms with E-state index in [0.717, 1.165) is 10.6 Å². The number of aliphatic hydroxyl groups excluding tert-OH is 1. The Hall–Kier alpha value is -5.44. The lowest BCUT2D eigenvalue weighted by molar-refractivity contribution is -0.141. The number of rotatable bonds is 10. The van der Waals surface area contributed by atoms with E-state index in [2.05, 4.69) is 10.4 Å². The van der Waals surface area contributed by atoms with Gasteiger partial charge >= 0.3 is 6.18 Å². The van der Waals surface area contributed by atoms with Gasteiger partial charge in [0.1, 0.15) is 18.1 Å². The summed E-state index contributed by atoms with van der Waals surface area (Å²) in [5, 5.41) is 19.7. The van der Waals surface area contributed by atoms with Crippen molar-refractivity contribution >= 4 is 52.6 Å². The fraction of sp³-hybridized carbons (Fsp3) is 0.310. The van der Waals surface area contributed by atoms with Crippen LogP contribution in [0.5, 0.6) is 11.5 Å². The van der Waals surface area contributed by atoms with Crippen LogP contribution in [0.4, 0.5) is 19.0 Å². The van der Waals surface area contributed by atoms with E-state index in [1.54, 1.807) is 60.7 Å². The summed E-state index contributed by atoms with van der Waals surface area (Å²) in [5.41, 5.74) is 2.32. The Morgan fingerprint density at radius 2 is 1.62 bits per heavy atom. The first-order valence-electron chi connectivity index (χ1n) is 18.5. The van der Waals surface area contributed by atoms with Crippen molar-refractivity contribution in [1.29, 1.82) is 0 Å². The average Bonchev–Trinajstić information content (AvgIpc) is 3.57. The fourth-order valence-electron chi connectivity index (χ4n) is 9.27. The number of nitrogens with zero attached hydrogens (tertiary/aromatic N) is 3. The van der Waals surface area contributed by atoms with E-state index in [1.807, 2.05) is 6.08 Å². The van der Waals surface area contributed by atoms with Crippen LogP contribution in [0.3, 0.4) is 0 Å². The molecular formula is C42H35Cl2F3N4O7. The first-order valence-corrected chi connectivity index (χ1v) is 19.3. The molecule has 300 valence electrons. The second-order valence-corrected chi connectivity index (χ2v) is 15.6. The molecule has 2 aliphatic carbocycles. The Morgan fingerprint density at radius 1 is 0.914 bits per heavy atom. The number of hydrogen-bond donors (Lipinski definition) is 3. The third kappa shape index (κ3) is 6.56. The monoisotopic (exact) mass is 834 g/mol. The van der Waals surface area contributed by atoms with Crippen molar-refractivity contribution in [2.45, 2.75) is 36.8 Å². The number of phenols is 1. The number of hydrogen-bond acceptors (Lipinski definition) is 9. The van der Waals surface area contributed by atoms with Crippen LogP contribution in [0.25, 0.3) is 0 Å². The lowest BCUT2D eigenvalue weighted by Crippen LogP contribution is -2.53. The maximum atomic E-state index is 15.3. The fourth-order valence-corrected chi connectivity index (χ4v) is 9.60. The van der Waals surface area contributed by atoms with E-state index in [-0.39, 0.29) is 56.0 Å². The second kappa shape index (κ2) is 15.1. The number of benzene rings is 3. The van der Waals surface area contributed by atoms with Gasteiger partial charge in [0.15, 0.2) is 5.82 Å². The molecule has 6 atom stereocenters. The summed E-state index contributed by atoms with van der Waals surface area (Å²) in [7, 11) is 0. The van der Waals surface area contributed by atoms with Gasteiger partial charge in [-0.1, -0.05) is 71.2 Å². The molecule has 8 rings (SSSR count). The molecule has 4 amide bonds. The maximum absolute atomic E-state index is 15.3. The summed E-state index contributed by atoms with van der Waals surface area (Å²) in [6.07, 6.45) is -1.79. The minimum Gasteiger partial charge on any atom is -0.508 e. The van der Waals surface area contributed by atoms with E-state index in [0.29, 0.717) is 46.2 Å². The molecule has 58 heavy (non-hydrogen) atoms. The lowest BCUT2D eigenvalue weighted by Gasteiger charge is -2.50. The van der Waals surface area contributed by atoms with Crippen molar-refractivity contribution in [2.75, 3.05) is 25.2 Å². The number of aliphatic hydroxyl groups is 1. The largest absolute Gasteiger partial charge is 0.508 e. The normalized spacial score (nSPS) is 25.3. The van der Waals surface area contributed by atoms with Crippen molar-refractivity contribution in [1.82, 2.24) is 14.9 Å². The minimum atomic E-state index is -4.75. The highest BCUT2D eigenvalue weighted by molar-refractivity contribution is 6.33. The van der Waals surface area contributed by atoms with Crippen LogP contribution in [0.15, 0.2) is 96.7 Å². The predicted molar refractivity (Wildman–Crippen MR) is 204 cm³/mol. The van der Waals surface area contributed by atoms with Gasteiger partial charge in [-0.2, -0.15) is 18.2 Å². The van der Waals surface area contributed by atoms with Crippen LogP contribution in [0.1, 0.15) is 41.0 Å². The predicted octanol–water partition coefficient (Wildman–Crippen LogP) is 6.71. The molecule has 3 aromatic carbocycles. The zero-order valence-electron chi connectivity index (χ0n) is 30.5. The van der Waals surface area contributed by atoms with Gasteiger partial charge in [0.25, 0.3) is 11.8 Å². The molecule has 3 fully saturated rings. The number of pyridine rings is 1. The molecule has 1 saturated carbocycles. The number of allylic oxidation sites excluding steroid dienone is 2. The van der Waals surface area contributed by atoms with Gasteiger partial charge in [0, 0.05) is 23.7 Å². The Labute approximate surface area is 340 Å². The topological polar surface area (TPSA) is 149 Å². The summed E-state index contributed by atoms with van der Waals surface area (Å²) in [5.74, 6) is -6.32. The van der Waals surface area contributed by atoms with Crippen LogP contribution >= 0.6 is 23.2 Å². The summed E-state index contributed by atoms with van der Waals surface area (Å²) in [6, 6.07) is 20.4. The van der Waals surface area contributed by atoms with Gasteiger partial charge in [-0.15, -0.1) is 0 Å². The highest BCUT2D eigenvalue weighted by Crippen LogP contribution is 2.64. The van der Waals surface area contributed by atoms with Gasteiger partial charge in [-0.25, -0.2) is 4.98 Å². The number of carbonyl (C=O) groups excluding carboxylic acids is 4. The van der Waals surface area contributed by atoms with Crippen LogP contribution < -0.4 is 10.2 Å². The highest BCUT2D eigenvalue weighted by Gasteiger charge is 2.70. The van der Waals surface area contributed by atoms with Crippen molar-refractivity contribution in [3.8, 4) is 11.5 Å². The Bertz CT molecular complexity index is 2330. The number of phenolic OH excluding ortho intramolecular Hbond substituents is 1. The Morgan fingerprint density at radius 3 is 2.28 bits per heavy atom. The molecule has 4 aromatic rings. The number of fused-ring (bicyclic) bond motifs is 4. The molecule has 2 saturated heterocycles. The number of likely N-dealkylation sites (tertiary alicyclic amines) is 1. The number of amides is 4. The smallest absolute Gasteiger partial charge is 0.417 e. The number of carbonyl (C=O) groups is 4. The maximum Gasteiger partial charge on any atom is 0.417 e. The Kier molecular flexibility index (Phi) is 10.2. The molecule has 1 aromatic heterocycles. The summed E-state index contributed by atoms with van der Waals surface area (Å²) in [4.78, 5) is 63.7. The van der Waals surface area contributed by atoms with Crippen molar-refractivity contribution in [3.05, 3.63) is 129 Å². The number of alkyl halides is 3. The third-order valence-electron chi connectivity index (χ3n) is 11.8. The van der Waals surface area contributed by atoms with Gasteiger partial charge in [-0.05, 0) is 84.3 Å². The number of halogens is 5. The van der Waals surface area contributed by atoms with Crippen molar-refractivity contribution < 1.29 is 47.3 Å². The zero-order chi connectivity index (χ0) is 41.1. The number of anilines is 1. The van der Waals surface area contributed by atoms with Crippen molar-refractivity contribution in [3.63, 3.8) is 0 Å². The molecule has 0 unspecified atom stereocenters. The average molecular weight is 836 g/mol. The van der Waals surface area contributed by atoms with Gasteiger partial charge in [0.05, 0.1) is 40.4 Å². The van der Waals surface area contributed by atoms with E-state index in [4.69, 9.17) is 27.9 Å². The van der Waals surface area contributed by atoms with Crippen LogP contribution in [-0.2, 0) is 37.2 Å². The summed E-state index contributed by atoms with van der Waals surface area (Å²) < 4.78 is 46.1. The molecule has 3 N–H and O–H groups in total. The third-order valence-corrected chi connectivity index (χ3v) is 12.3. The van der Waals surface area contributed by atoms with Gasteiger partial charge < -0.3 is 14.9 Å². The quantitative estimate of drug-likeness (QED) is 0.117. The molecule has 4 aliphatic rings. The second-order valence-electron chi connectivity index (χ2n) is 14.8. The lowest BCUT2D eigenvalue weighted by atomic mass is 9.49. The minimum absolute atomic E-state index is 0.0223. The molecule has 11 nitrogen and oxygen atoms in total. The summed E-state index contributed by atoms with van der Waals surface area (Å²) in [6.45, 7) is -0.0907. The SMILES string of the molecule is O=C1[C@H]2[C@H](CC=C3[C@H]2C[C@H]2C(=O)N(Nc4ncc(C(F)(F)F)cc4Cl)C(=O)[C@@]2(c2ccc(Cl)cc2)[C@H]3c2ccc(OCCO)cc2)C(=O)N1CCc1ccc(O)cc1. The standard InChI is InChI=1S/C42H35Cl2F3N4O7/c43-26-7-5-24(6-8-26)41-32(38(55)51(40(41)57)49-36-33(44)19-25(21-48-36)42(45,46)47)20-31-29(35(41)23-3-11-28(12-4-23)58-18-17-52)13-14-30-34(31)39(56)50(37(30)54)16-15-22-1-9-27(53)10-2-22/h1-13,19,21,30-32,34-35,52-53H,14-18,20H2,(H,48,49)/t30-,31+,32-,34-,35-,41+/m0/s1. The molecule has 0 bridgehead atoms. The van der Waals surface area contributed by atoms with Gasteiger partial charge in [-0.3, -0.25) is 29.5 Å². The van der Waals surface area contributed by atoms with E-state index >= 15 is 4.79 Å². The highest BCUT2D eigenvalue weighted by atomic mass is 35.5.